The van der Waals surface area contributed by atoms with Crippen molar-refractivity contribution in [3.63, 3.8) is 0 Å². The molecule has 1 aliphatic heterocycles. The van der Waals surface area contributed by atoms with Crippen molar-refractivity contribution in [2.45, 2.75) is 25.7 Å². The first-order chi connectivity index (χ1) is 9.69. The summed E-state index contributed by atoms with van der Waals surface area (Å²) >= 11 is 3.46. The van der Waals surface area contributed by atoms with E-state index in [1.165, 1.54) is 12.8 Å². The molecule has 106 valence electrons. The van der Waals surface area contributed by atoms with Gasteiger partial charge >= 0.3 is 0 Å². The molecule has 20 heavy (non-hydrogen) atoms. The number of allylic oxidation sites excluding steroid dienone is 1. The number of methoxy groups -OCH3 is 1. The van der Waals surface area contributed by atoms with Crippen LogP contribution in [0.2, 0.25) is 0 Å². The molecule has 0 bridgehead atoms. The van der Waals surface area contributed by atoms with Crippen LogP contribution in [0, 0.1) is 0 Å². The van der Waals surface area contributed by atoms with Gasteiger partial charge in [0.15, 0.2) is 0 Å². The Morgan fingerprint density at radius 2 is 1.80 bits per heavy atom. The zero-order chi connectivity index (χ0) is 14.1. The number of halogens is 1. The molecule has 0 spiro atoms. The quantitative estimate of drug-likeness (QED) is 0.769. The number of piperidine rings is 1. The number of carbonyl (C=O) groups excluding carboxylic acids is 1. The summed E-state index contributed by atoms with van der Waals surface area (Å²) in [6.07, 6.45) is 4.65. The van der Waals surface area contributed by atoms with E-state index in [1.807, 2.05) is 17.0 Å². The summed E-state index contributed by atoms with van der Waals surface area (Å²) in [6, 6.07) is 5.53. The number of hydrogen-bond acceptors (Lipinski definition) is 2. The second-order valence-electron chi connectivity index (χ2n) is 5.35. The second-order valence-corrected chi connectivity index (χ2v) is 6.20. The van der Waals surface area contributed by atoms with Gasteiger partial charge in [0.1, 0.15) is 5.75 Å². The molecule has 2 fully saturated rings. The molecule has 3 nitrogen and oxygen atoms in total. The van der Waals surface area contributed by atoms with Crippen molar-refractivity contribution in [1.82, 2.24) is 4.90 Å². The fourth-order valence-electron chi connectivity index (χ4n) is 2.71. The maximum Gasteiger partial charge on any atom is 0.255 e. The second kappa shape index (κ2) is 5.60. The van der Waals surface area contributed by atoms with Gasteiger partial charge in [-0.25, -0.2) is 0 Å². The fourth-order valence-corrected chi connectivity index (χ4v) is 3.13. The third-order valence-electron chi connectivity index (χ3n) is 4.06. The molecule has 1 saturated carbocycles. The van der Waals surface area contributed by atoms with Gasteiger partial charge in [0.25, 0.3) is 5.91 Å². The number of hydrogen-bond donors (Lipinski definition) is 0. The van der Waals surface area contributed by atoms with Gasteiger partial charge < -0.3 is 9.64 Å². The van der Waals surface area contributed by atoms with Crippen LogP contribution in [0.1, 0.15) is 36.0 Å². The number of benzene rings is 1. The molecular weight excluding hydrogens is 318 g/mol. The molecule has 0 aromatic heterocycles. The molecular formula is C16H18BrNO2. The molecule has 4 heteroatoms. The van der Waals surface area contributed by atoms with Crippen LogP contribution in [-0.4, -0.2) is 31.0 Å². The van der Waals surface area contributed by atoms with Gasteiger partial charge in [-0.3, -0.25) is 4.79 Å². The zero-order valence-electron chi connectivity index (χ0n) is 11.6. The minimum atomic E-state index is 0.0932. The Balaban J connectivity index is 1.74. The molecule has 1 amide bonds. The highest BCUT2D eigenvalue weighted by Crippen LogP contribution is 2.36. The number of carbonyl (C=O) groups is 1. The van der Waals surface area contributed by atoms with Crippen LogP contribution < -0.4 is 4.74 Å². The van der Waals surface area contributed by atoms with Crippen LogP contribution in [0.4, 0.5) is 0 Å². The lowest BCUT2D eigenvalue weighted by Gasteiger charge is -2.29. The van der Waals surface area contributed by atoms with E-state index in [0.717, 1.165) is 30.4 Å². The van der Waals surface area contributed by atoms with Crippen molar-refractivity contribution < 1.29 is 9.53 Å². The molecule has 1 aliphatic carbocycles. The van der Waals surface area contributed by atoms with Crippen molar-refractivity contribution in [3.8, 4) is 5.75 Å². The highest BCUT2D eigenvalue weighted by molar-refractivity contribution is 9.10. The normalized spacial score (nSPS) is 18.2. The summed E-state index contributed by atoms with van der Waals surface area (Å²) in [6.45, 7) is 1.67. The highest BCUT2D eigenvalue weighted by atomic mass is 79.9. The SMILES string of the molecule is COc1ccc(Br)c(C(=O)N2CCC(=C3CC3)CC2)c1. The van der Waals surface area contributed by atoms with E-state index in [9.17, 15) is 4.79 Å². The number of ether oxygens (including phenoxy) is 1. The third kappa shape index (κ3) is 2.75. The highest BCUT2D eigenvalue weighted by Gasteiger charge is 2.25. The largest absolute Gasteiger partial charge is 0.497 e. The lowest BCUT2D eigenvalue weighted by molar-refractivity contribution is 0.0742. The van der Waals surface area contributed by atoms with E-state index in [4.69, 9.17) is 4.74 Å². The number of likely N-dealkylation sites (tertiary alicyclic amines) is 1. The van der Waals surface area contributed by atoms with Gasteiger partial charge in [-0.15, -0.1) is 0 Å². The Morgan fingerprint density at radius 3 is 2.40 bits per heavy atom. The average Bonchev–Trinajstić information content (AvgIpc) is 3.32. The molecule has 1 aromatic rings. The Hall–Kier alpha value is -1.29. The van der Waals surface area contributed by atoms with Crippen molar-refractivity contribution in [2.24, 2.45) is 0 Å². The molecule has 0 radical (unpaired) electrons. The topological polar surface area (TPSA) is 29.5 Å². The van der Waals surface area contributed by atoms with Crippen LogP contribution in [0.3, 0.4) is 0 Å². The molecule has 0 N–H and O–H groups in total. The molecule has 2 aliphatic rings. The van der Waals surface area contributed by atoms with E-state index < -0.39 is 0 Å². The van der Waals surface area contributed by atoms with Gasteiger partial charge in [0.2, 0.25) is 0 Å². The summed E-state index contributed by atoms with van der Waals surface area (Å²) in [5.41, 5.74) is 3.92. The summed E-state index contributed by atoms with van der Waals surface area (Å²) in [4.78, 5) is 14.6. The molecule has 1 heterocycles. The van der Waals surface area contributed by atoms with Gasteiger partial charge in [0, 0.05) is 17.6 Å². The Kier molecular flexibility index (Phi) is 3.83. The standard InChI is InChI=1S/C16H18BrNO2/c1-20-13-4-5-15(17)14(10-13)16(19)18-8-6-12(7-9-18)11-2-3-11/h4-5,10H,2-3,6-9H2,1H3. The summed E-state index contributed by atoms with van der Waals surface area (Å²) in [5, 5.41) is 0. The minimum absolute atomic E-state index is 0.0932. The first kappa shape index (κ1) is 13.7. The number of rotatable bonds is 2. The lowest BCUT2D eigenvalue weighted by atomic mass is 10.0. The maximum atomic E-state index is 12.6. The van der Waals surface area contributed by atoms with E-state index >= 15 is 0 Å². The van der Waals surface area contributed by atoms with Crippen molar-refractivity contribution in [2.75, 3.05) is 20.2 Å². The monoisotopic (exact) mass is 335 g/mol. The predicted molar refractivity (Wildman–Crippen MR) is 82.1 cm³/mol. The summed E-state index contributed by atoms with van der Waals surface area (Å²) in [5.74, 6) is 0.810. The van der Waals surface area contributed by atoms with Gasteiger partial charge in [0.05, 0.1) is 12.7 Å². The van der Waals surface area contributed by atoms with E-state index in [2.05, 4.69) is 15.9 Å². The van der Waals surface area contributed by atoms with Crippen LogP contribution in [0.25, 0.3) is 0 Å². The molecule has 0 unspecified atom stereocenters. The van der Waals surface area contributed by atoms with Gasteiger partial charge in [-0.2, -0.15) is 0 Å². The third-order valence-corrected chi connectivity index (χ3v) is 4.75. The van der Waals surface area contributed by atoms with Crippen LogP contribution >= 0.6 is 15.9 Å². The smallest absolute Gasteiger partial charge is 0.255 e. The van der Waals surface area contributed by atoms with Crippen molar-refractivity contribution in [1.29, 1.82) is 0 Å². The predicted octanol–water partition coefficient (Wildman–Crippen LogP) is 3.78. The van der Waals surface area contributed by atoms with Crippen LogP contribution in [0.5, 0.6) is 5.75 Å². The van der Waals surface area contributed by atoms with Gasteiger partial charge in [-0.1, -0.05) is 11.1 Å². The number of amides is 1. The Labute approximate surface area is 127 Å². The van der Waals surface area contributed by atoms with Crippen LogP contribution in [-0.2, 0) is 0 Å². The Bertz CT molecular complexity index is 564. The lowest BCUT2D eigenvalue weighted by Crippen LogP contribution is -2.36. The first-order valence-electron chi connectivity index (χ1n) is 7.01. The minimum Gasteiger partial charge on any atom is -0.497 e. The average molecular weight is 336 g/mol. The van der Waals surface area contributed by atoms with E-state index in [1.54, 1.807) is 24.3 Å². The summed E-state index contributed by atoms with van der Waals surface area (Å²) in [7, 11) is 1.62. The first-order valence-corrected chi connectivity index (χ1v) is 7.81. The molecule has 0 atom stereocenters. The van der Waals surface area contributed by atoms with Gasteiger partial charge in [-0.05, 0) is 59.8 Å². The Morgan fingerprint density at radius 1 is 1.15 bits per heavy atom. The number of nitrogens with zero attached hydrogens (tertiary/aromatic N) is 1. The molecule has 1 aromatic carbocycles. The van der Waals surface area contributed by atoms with Crippen molar-refractivity contribution >= 4 is 21.8 Å². The summed E-state index contributed by atoms with van der Waals surface area (Å²) < 4.78 is 6.03. The fraction of sp³-hybridized carbons (Fsp3) is 0.438. The van der Waals surface area contributed by atoms with Crippen molar-refractivity contribution in [3.05, 3.63) is 39.4 Å². The van der Waals surface area contributed by atoms with E-state index in [0.29, 0.717) is 11.3 Å². The molecule has 1 saturated heterocycles. The maximum absolute atomic E-state index is 12.6. The molecule has 3 rings (SSSR count). The van der Waals surface area contributed by atoms with Crippen LogP contribution in [0.15, 0.2) is 33.8 Å². The zero-order valence-corrected chi connectivity index (χ0v) is 13.2. The van der Waals surface area contributed by atoms with E-state index in [-0.39, 0.29) is 5.91 Å².